The van der Waals surface area contributed by atoms with Crippen LogP contribution in [-0.4, -0.2) is 80.1 Å². The van der Waals surface area contributed by atoms with Gasteiger partial charge in [-0.05, 0) is 48.5 Å². The molecule has 1 heterocycles. The van der Waals surface area contributed by atoms with Crippen molar-refractivity contribution < 1.29 is 14.3 Å². The van der Waals surface area contributed by atoms with Crippen molar-refractivity contribution in [2.75, 3.05) is 46.4 Å². The SMILES string of the molecule is CN=C(NCC(C)(C)NC(=O)OC(C)(C)C)NCC(C)(C)N1CCOCC1.I. The normalized spacial score (nSPS) is 16.8. The van der Waals surface area contributed by atoms with Gasteiger partial charge < -0.3 is 25.4 Å². The molecular weight excluding hydrogens is 473 g/mol. The lowest BCUT2D eigenvalue weighted by molar-refractivity contribution is -0.00834. The van der Waals surface area contributed by atoms with Gasteiger partial charge in [0.05, 0.1) is 18.8 Å². The molecule has 0 atom stereocenters. The number of hydrogen-bond donors (Lipinski definition) is 3. The molecule has 0 radical (unpaired) electrons. The summed E-state index contributed by atoms with van der Waals surface area (Å²) in [5.74, 6) is 0.704. The van der Waals surface area contributed by atoms with Gasteiger partial charge in [-0.15, -0.1) is 24.0 Å². The van der Waals surface area contributed by atoms with Crippen LogP contribution < -0.4 is 16.0 Å². The van der Waals surface area contributed by atoms with Crippen LogP contribution in [0.25, 0.3) is 0 Å². The number of amides is 1. The third-order valence-electron chi connectivity index (χ3n) is 4.32. The maximum absolute atomic E-state index is 12.0. The minimum Gasteiger partial charge on any atom is -0.444 e. The first-order valence-electron chi connectivity index (χ1n) is 9.63. The third kappa shape index (κ3) is 10.7. The summed E-state index contributed by atoms with van der Waals surface area (Å²) < 4.78 is 10.8. The zero-order valence-electron chi connectivity index (χ0n) is 18.8. The molecule has 1 aliphatic rings. The van der Waals surface area contributed by atoms with Crippen molar-refractivity contribution in [3.8, 4) is 0 Å². The Kier molecular flexibility index (Phi) is 11.1. The number of halogens is 1. The van der Waals surface area contributed by atoms with Crippen molar-refractivity contribution in [1.29, 1.82) is 0 Å². The van der Waals surface area contributed by atoms with E-state index < -0.39 is 17.2 Å². The Balaban J connectivity index is 0.00000729. The Labute approximate surface area is 187 Å². The van der Waals surface area contributed by atoms with Gasteiger partial charge in [-0.2, -0.15) is 0 Å². The minimum atomic E-state index is -0.518. The van der Waals surface area contributed by atoms with Gasteiger partial charge in [0.2, 0.25) is 0 Å². The van der Waals surface area contributed by atoms with Gasteiger partial charge in [-0.1, -0.05) is 0 Å². The van der Waals surface area contributed by atoms with Crippen molar-refractivity contribution in [3.63, 3.8) is 0 Å². The van der Waals surface area contributed by atoms with Crippen LogP contribution in [0.4, 0.5) is 4.79 Å². The van der Waals surface area contributed by atoms with Crippen molar-refractivity contribution in [2.45, 2.75) is 65.1 Å². The molecule has 0 aromatic carbocycles. The quantitative estimate of drug-likeness (QED) is 0.287. The third-order valence-corrected chi connectivity index (χ3v) is 4.32. The Morgan fingerprint density at radius 3 is 2.07 bits per heavy atom. The summed E-state index contributed by atoms with van der Waals surface area (Å²) in [6.45, 7) is 18.6. The number of aliphatic imine (C=N–C) groups is 1. The maximum Gasteiger partial charge on any atom is 0.408 e. The van der Waals surface area contributed by atoms with E-state index in [2.05, 4.69) is 39.7 Å². The van der Waals surface area contributed by atoms with E-state index in [9.17, 15) is 4.79 Å². The molecule has 3 N–H and O–H groups in total. The molecule has 28 heavy (non-hydrogen) atoms. The Morgan fingerprint density at radius 1 is 1.04 bits per heavy atom. The lowest BCUT2D eigenvalue weighted by Gasteiger charge is -2.41. The topological polar surface area (TPSA) is 87.2 Å². The highest BCUT2D eigenvalue weighted by Gasteiger charge is 2.29. The van der Waals surface area contributed by atoms with E-state index in [0.717, 1.165) is 32.8 Å². The first-order valence-corrected chi connectivity index (χ1v) is 9.63. The number of nitrogens with zero attached hydrogens (tertiary/aromatic N) is 2. The summed E-state index contributed by atoms with van der Waals surface area (Å²) >= 11 is 0. The average Bonchev–Trinajstić information content (AvgIpc) is 2.53. The summed E-state index contributed by atoms with van der Waals surface area (Å²) in [6, 6.07) is 0. The highest BCUT2D eigenvalue weighted by Crippen LogP contribution is 2.15. The predicted molar refractivity (Wildman–Crippen MR) is 125 cm³/mol. The molecule has 0 spiro atoms. The Hall–Kier alpha value is -0.810. The molecular formula is C19H40IN5O3. The van der Waals surface area contributed by atoms with Crippen LogP contribution in [-0.2, 0) is 9.47 Å². The van der Waals surface area contributed by atoms with Crippen LogP contribution in [0.5, 0.6) is 0 Å². The summed E-state index contributed by atoms with van der Waals surface area (Å²) in [6.07, 6.45) is -0.425. The molecule has 166 valence electrons. The monoisotopic (exact) mass is 513 g/mol. The molecule has 8 nitrogen and oxygen atoms in total. The van der Waals surface area contributed by atoms with E-state index in [0.29, 0.717) is 12.5 Å². The highest BCUT2D eigenvalue weighted by atomic mass is 127. The fraction of sp³-hybridized carbons (Fsp3) is 0.895. The molecule has 0 saturated carbocycles. The maximum atomic E-state index is 12.0. The van der Waals surface area contributed by atoms with E-state index in [1.165, 1.54) is 0 Å². The van der Waals surface area contributed by atoms with Gasteiger partial charge in [0, 0.05) is 38.8 Å². The number of carbonyl (C=O) groups excluding carboxylic acids is 1. The predicted octanol–water partition coefficient (Wildman–Crippen LogP) is 2.18. The van der Waals surface area contributed by atoms with Crippen LogP contribution >= 0.6 is 24.0 Å². The van der Waals surface area contributed by atoms with E-state index in [1.54, 1.807) is 7.05 Å². The van der Waals surface area contributed by atoms with Crippen LogP contribution in [0.1, 0.15) is 48.5 Å². The number of rotatable bonds is 6. The number of alkyl carbamates (subject to hydrolysis) is 1. The molecule has 0 aromatic heterocycles. The van der Waals surface area contributed by atoms with Crippen LogP contribution in [0, 0.1) is 0 Å². The number of guanidine groups is 1. The minimum absolute atomic E-state index is 0. The summed E-state index contributed by atoms with van der Waals surface area (Å²) in [7, 11) is 1.74. The van der Waals surface area contributed by atoms with Crippen molar-refractivity contribution in [3.05, 3.63) is 0 Å². The van der Waals surface area contributed by atoms with E-state index >= 15 is 0 Å². The molecule has 0 bridgehead atoms. The standard InChI is InChI=1S/C19H39N5O3.HI/c1-17(2,3)27-16(25)23-18(4,5)13-21-15(20-8)22-14-19(6,7)24-9-11-26-12-10-24;/h9-14H2,1-8H3,(H,23,25)(H2,20,21,22);1H. The Morgan fingerprint density at radius 2 is 1.57 bits per heavy atom. The first kappa shape index (κ1) is 27.2. The van der Waals surface area contributed by atoms with E-state index in [4.69, 9.17) is 9.47 Å². The molecule has 1 aliphatic heterocycles. The van der Waals surface area contributed by atoms with Gasteiger partial charge >= 0.3 is 6.09 Å². The van der Waals surface area contributed by atoms with Gasteiger partial charge in [0.25, 0.3) is 0 Å². The summed E-state index contributed by atoms with van der Waals surface area (Å²) in [5.41, 5.74) is -1.01. The smallest absolute Gasteiger partial charge is 0.408 e. The molecule has 1 amide bonds. The number of morpholine rings is 1. The fourth-order valence-corrected chi connectivity index (χ4v) is 2.73. The van der Waals surface area contributed by atoms with Gasteiger partial charge in [0.1, 0.15) is 5.60 Å². The molecule has 0 aliphatic carbocycles. The zero-order valence-corrected chi connectivity index (χ0v) is 21.1. The lowest BCUT2D eigenvalue weighted by atomic mass is 10.0. The van der Waals surface area contributed by atoms with Gasteiger partial charge in [0.15, 0.2) is 5.96 Å². The van der Waals surface area contributed by atoms with Crippen molar-refractivity contribution >= 4 is 36.0 Å². The number of carbonyl (C=O) groups is 1. The molecule has 9 heteroatoms. The van der Waals surface area contributed by atoms with Crippen LogP contribution in [0.15, 0.2) is 4.99 Å². The van der Waals surface area contributed by atoms with E-state index in [1.807, 2.05) is 34.6 Å². The fourth-order valence-electron chi connectivity index (χ4n) is 2.73. The van der Waals surface area contributed by atoms with Crippen molar-refractivity contribution in [1.82, 2.24) is 20.9 Å². The number of nitrogens with one attached hydrogen (secondary N) is 3. The lowest BCUT2D eigenvalue weighted by Crippen LogP contribution is -2.58. The van der Waals surface area contributed by atoms with Crippen molar-refractivity contribution in [2.24, 2.45) is 4.99 Å². The highest BCUT2D eigenvalue weighted by molar-refractivity contribution is 14.0. The molecule has 0 unspecified atom stereocenters. The second-order valence-electron chi connectivity index (χ2n) is 9.20. The second kappa shape index (κ2) is 11.4. The van der Waals surface area contributed by atoms with E-state index in [-0.39, 0.29) is 29.5 Å². The van der Waals surface area contributed by atoms with Gasteiger partial charge in [-0.25, -0.2) is 4.79 Å². The summed E-state index contributed by atoms with van der Waals surface area (Å²) in [5, 5.41) is 9.55. The Bertz CT molecular complexity index is 512. The molecule has 0 aromatic rings. The van der Waals surface area contributed by atoms with Gasteiger partial charge in [-0.3, -0.25) is 9.89 Å². The van der Waals surface area contributed by atoms with Crippen LogP contribution in [0.2, 0.25) is 0 Å². The molecule has 1 rings (SSSR count). The second-order valence-corrected chi connectivity index (χ2v) is 9.20. The molecule has 1 fully saturated rings. The average molecular weight is 513 g/mol. The summed E-state index contributed by atoms with van der Waals surface area (Å²) in [4.78, 5) is 18.7. The largest absolute Gasteiger partial charge is 0.444 e. The first-order chi connectivity index (χ1) is 12.3. The molecule has 1 saturated heterocycles. The number of hydrogen-bond acceptors (Lipinski definition) is 5. The number of ether oxygens (including phenoxy) is 2. The van der Waals surface area contributed by atoms with Crippen LogP contribution in [0.3, 0.4) is 0 Å². The zero-order chi connectivity index (χ0) is 20.7.